The van der Waals surface area contributed by atoms with E-state index in [1.54, 1.807) is 6.20 Å². The summed E-state index contributed by atoms with van der Waals surface area (Å²) in [4.78, 5) is 28.7. The third-order valence-corrected chi connectivity index (χ3v) is 7.93. The second-order valence-corrected chi connectivity index (χ2v) is 11.2. The summed E-state index contributed by atoms with van der Waals surface area (Å²) >= 11 is 6.40. The Labute approximate surface area is 244 Å². The Bertz CT molecular complexity index is 1510. The molecule has 0 aliphatic carbocycles. The van der Waals surface area contributed by atoms with E-state index in [4.69, 9.17) is 11.6 Å². The summed E-state index contributed by atoms with van der Waals surface area (Å²) in [5.74, 6) is 2.39. The first-order chi connectivity index (χ1) is 20.0. The number of likely N-dealkylation sites (tertiary alicyclic amines) is 1. The molecule has 4 heterocycles. The number of amides is 1. The summed E-state index contributed by atoms with van der Waals surface area (Å²) in [7, 11) is 0. The quantitative estimate of drug-likeness (QED) is 0.273. The third-order valence-electron chi connectivity index (χ3n) is 7.66. The van der Waals surface area contributed by atoms with Crippen LogP contribution in [0.5, 0.6) is 0 Å². The Kier molecular flexibility index (Phi) is 7.86. The number of hydrogen-bond acceptors (Lipinski definition) is 8. The number of carbonyl (C=O) groups excluding carboxylic acids is 1. The fourth-order valence-corrected chi connectivity index (χ4v) is 5.65. The summed E-state index contributed by atoms with van der Waals surface area (Å²) in [6.45, 7) is 5.89. The van der Waals surface area contributed by atoms with Crippen molar-refractivity contribution >= 4 is 52.6 Å². The monoisotopic (exact) mass is 568 g/mol. The van der Waals surface area contributed by atoms with Crippen molar-refractivity contribution in [1.82, 2.24) is 14.9 Å². The molecule has 0 spiro atoms. The van der Waals surface area contributed by atoms with Gasteiger partial charge in [0, 0.05) is 60.6 Å². The number of hydrogen-bond donors (Lipinski definition) is 4. The summed E-state index contributed by atoms with van der Waals surface area (Å²) in [5, 5.41) is 13.6. The number of anilines is 5. The number of nitrogens with one attached hydrogen (secondary N) is 4. The van der Waals surface area contributed by atoms with Gasteiger partial charge >= 0.3 is 0 Å². The van der Waals surface area contributed by atoms with Crippen LogP contribution in [0.3, 0.4) is 0 Å². The molecule has 3 aromatic rings. The van der Waals surface area contributed by atoms with Crippen LogP contribution in [0.2, 0.25) is 5.02 Å². The van der Waals surface area contributed by atoms with E-state index >= 15 is 0 Å². The molecular formula is C31H33ClN8O. The lowest BCUT2D eigenvalue weighted by atomic mass is 9.94. The zero-order chi connectivity index (χ0) is 28.2. The number of para-hydroxylation sites is 1. The molecule has 2 atom stereocenters. The second kappa shape index (κ2) is 12.0. The average molecular weight is 569 g/mol. The number of allylic oxidation sites excluding steroid dienone is 1. The molecule has 1 saturated heterocycles. The molecule has 3 aliphatic rings. The Balaban J connectivity index is 1.13. The summed E-state index contributed by atoms with van der Waals surface area (Å²) < 4.78 is 0. The van der Waals surface area contributed by atoms with Crippen LogP contribution >= 0.6 is 11.6 Å². The maximum Gasteiger partial charge on any atom is 0.229 e. The van der Waals surface area contributed by atoms with E-state index in [9.17, 15) is 4.79 Å². The van der Waals surface area contributed by atoms with Gasteiger partial charge in [0.15, 0.2) is 5.82 Å². The molecule has 1 fully saturated rings. The molecule has 2 unspecified atom stereocenters. The summed E-state index contributed by atoms with van der Waals surface area (Å²) in [6, 6.07) is 16.0. The Hall–Kier alpha value is -4.37. The van der Waals surface area contributed by atoms with Crippen molar-refractivity contribution in [3.8, 4) is 0 Å². The van der Waals surface area contributed by atoms with Gasteiger partial charge in [0.2, 0.25) is 11.9 Å². The number of halogens is 1. The first-order valence-electron chi connectivity index (χ1n) is 14.0. The zero-order valence-corrected chi connectivity index (χ0v) is 23.5. The van der Waals surface area contributed by atoms with Crippen molar-refractivity contribution in [2.45, 2.75) is 32.1 Å². The minimum absolute atomic E-state index is 0.0236. The van der Waals surface area contributed by atoms with Crippen molar-refractivity contribution in [2.75, 3.05) is 34.4 Å². The SMILES string of the molecule is C=C(Nc1ccccc1)N1CCC(CC(=O)Nc2ccc3cc2CCC2C=NC=C(C2)Nc2ncc(Cl)c(n2)N3)C1. The van der Waals surface area contributed by atoms with Crippen LogP contribution in [0.4, 0.5) is 28.8 Å². The number of aromatic nitrogens is 2. The van der Waals surface area contributed by atoms with Crippen molar-refractivity contribution in [2.24, 2.45) is 16.8 Å². The Morgan fingerprint density at radius 3 is 2.88 bits per heavy atom. The average Bonchev–Trinajstić information content (AvgIpc) is 3.44. The number of benzene rings is 2. The highest BCUT2D eigenvalue weighted by molar-refractivity contribution is 6.32. The third kappa shape index (κ3) is 6.69. The number of carbonyl (C=O) groups is 1. The zero-order valence-electron chi connectivity index (χ0n) is 22.7. The van der Waals surface area contributed by atoms with Crippen molar-refractivity contribution in [1.29, 1.82) is 0 Å². The van der Waals surface area contributed by atoms with Gasteiger partial charge in [-0.05, 0) is 67.5 Å². The molecule has 41 heavy (non-hydrogen) atoms. The van der Waals surface area contributed by atoms with E-state index in [1.165, 1.54) is 0 Å². The highest BCUT2D eigenvalue weighted by atomic mass is 35.5. The van der Waals surface area contributed by atoms with Crippen LogP contribution in [-0.4, -0.2) is 40.1 Å². The standard InChI is InChI=1S/C31H33ClN8O/c1-20(35-24-5-3-2-4-6-24)40-12-11-22(19-40)14-29(41)38-28-10-9-25-15-23(28)8-7-21-13-26(17-33-16-21)37-31-34-18-27(32)30(36-25)39-31/h2-6,9-10,15-18,21-22,35H,1,7-8,11-14,19H2,(H,38,41)(H2,34,36,37,39). The highest BCUT2D eigenvalue weighted by Crippen LogP contribution is 2.31. The summed E-state index contributed by atoms with van der Waals surface area (Å²) in [6.07, 6.45) is 9.28. The number of aryl methyl sites for hydroxylation is 1. The number of fused-ring (bicyclic) bond motifs is 6. The van der Waals surface area contributed by atoms with Crippen LogP contribution in [0.15, 0.2) is 84.0 Å². The van der Waals surface area contributed by atoms with Gasteiger partial charge in [-0.2, -0.15) is 4.98 Å². The van der Waals surface area contributed by atoms with Gasteiger partial charge in [-0.3, -0.25) is 9.79 Å². The Morgan fingerprint density at radius 1 is 1.12 bits per heavy atom. The molecule has 1 aromatic heterocycles. The van der Waals surface area contributed by atoms with Crippen LogP contribution in [-0.2, 0) is 11.2 Å². The highest BCUT2D eigenvalue weighted by Gasteiger charge is 2.26. The predicted molar refractivity (Wildman–Crippen MR) is 166 cm³/mol. The summed E-state index contributed by atoms with van der Waals surface area (Å²) in [5.41, 5.74) is 4.69. The van der Waals surface area contributed by atoms with Gasteiger partial charge < -0.3 is 26.2 Å². The second-order valence-electron chi connectivity index (χ2n) is 10.8. The van der Waals surface area contributed by atoms with Crippen LogP contribution in [0.1, 0.15) is 31.2 Å². The molecule has 210 valence electrons. The predicted octanol–water partition coefficient (Wildman–Crippen LogP) is 6.40. The molecule has 2 aromatic carbocycles. The topological polar surface area (TPSA) is 107 Å². The van der Waals surface area contributed by atoms with Crippen molar-refractivity contribution in [3.63, 3.8) is 0 Å². The lowest BCUT2D eigenvalue weighted by Gasteiger charge is -2.22. The van der Waals surface area contributed by atoms with E-state index in [0.717, 1.165) is 72.9 Å². The van der Waals surface area contributed by atoms with Gasteiger partial charge in [0.1, 0.15) is 5.02 Å². The van der Waals surface area contributed by atoms with E-state index in [2.05, 4.69) is 53.8 Å². The van der Waals surface area contributed by atoms with E-state index in [1.807, 2.05) is 54.9 Å². The van der Waals surface area contributed by atoms with E-state index < -0.39 is 0 Å². The van der Waals surface area contributed by atoms with Gasteiger partial charge in [-0.25, -0.2) is 4.98 Å². The van der Waals surface area contributed by atoms with E-state index in [0.29, 0.717) is 23.2 Å². The molecular weight excluding hydrogens is 536 g/mol. The number of nitrogens with zero attached hydrogens (tertiary/aromatic N) is 4. The van der Waals surface area contributed by atoms with Gasteiger partial charge in [-0.15, -0.1) is 0 Å². The number of rotatable bonds is 6. The van der Waals surface area contributed by atoms with Gasteiger partial charge in [0.25, 0.3) is 0 Å². The minimum atomic E-state index is 0.0236. The molecule has 10 heteroatoms. The Morgan fingerprint density at radius 2 is 2.00 bits per heavy atom. The lowest BCUT2D eigenvalue weighted by Crippen LogP contribution is -2.25. The first kappa shape index (κ1) is 26.8. The fourth-order valence-electron chi connectivity index (χ4n) is 5.51. The normalized spacial score (nSPS) is 19.4. The van der Waals surface area contributed by atoms with Gasteiger partial charge in [0.05, 0.1) is 12.0 Å². The van der Waals surface area contributed by atoms with Crippen LogP contribution < -0.4 is 21.3 Å². The van der Waals surface area contributed by atoms with Crippen LogP contribution in [0, 0.1) is 11.8 Å². The maximum atomic E-state index is 13.2. The molecule has 9 nitrogen and oxygen atoms in total. The smallest absolute Gasteiger partial charge is 0.229 e. The molecule has 6 rings (SSSR count). The largest absolute Gasteiger partial charge is 0.358 e. The molecule has 1 amide bonds. The van der Waals surface area contributed by atoms with Crippen molar-refractivity contribution in [3.05, 3.63) is 89.6 Å². The molecule has 0 radical (unpaired) electrons. The molecule has 6 bridgehead atoms. The molecule has 3 aliphatic heterocycles. The minimum Gasteiger partial charge on any atom is -0.358 e. The van der Waals surface area contributed by atoms with E-state index in [-0.39, 0.29) is 17.7 Å². The lowest BCUT2D eigenvalue weighted by molar-refractivity contribution is -0.117. The number of aliphatic imine (C=N–C) groups is 1. The van der Waals surface area contributed by atoms with Crippen molar-refractivity contribution < 1.29 is 4.79 Å². The van der Waals surface area contributed by atoms with Crippen LogP contribution in [0.25, 0.3) is 0 Å². The molecule has 4 N–H and O–H groups in total. The first-order valence-corrected chi connectivity index (χ1v) is 14.3. The van der Waals surface area contributed by atoms with Gasteiger partial charge in [-0.1, -0.05) is 36.4 Å². The fraction of sp³-hybridized carbons (Fsp3) is 0.290. The molecule has 0 saturated carbocycles. The maximum absolute atomic E-state index is 13.2.